The fraction of sp³-hybridized carbons (Fsp3) is 0.100. The van der Waals surface area contributed by atoms with Crippen molar-refractivity contribution in [3.8, 4) is 5.75 Å². The van der Waals surface area contributed by atoms with Crippen molar-refractivity contribution in [1.29, 1.82) is 0 Å². The summed E-state index contributed by atoms with van der Waals surface area (Å²) in [5, 5.41) is 15.0. The molecule has 1 N–H and O–H groups in total. The third-order valence-electron chi connectivity index (χ3n) is 3.90. The number of nitro benzene ring substituents is 1. The van der Waals surface area contributed by atoms with Gasteiger partial charge in [0.1, 0.15) is 23.1 Å². The number of carbonyl (C=O) groups excluding carboxylic acids is 1. The van der Waals surface area contributed by atoms with Crippen LogP contribution in [0.1, 0.15) is 28.8 Å². The number of furan rings is 1. The van der Waals surface area contributed by atoms with Crippen LogP contribution in [-0.2, 0) is 6.61 Å². The molecular weight excluding hydrogens is 398 g/mol. The molecule has 148 valence electrons. The van der Waals surface area contributed by atoms with Crippen LogP contribution in [0.4, 0.5) is 5.69 Å². The van der Waals surface area contributed by atoms with Crippen molar-refractivity contribution < 1.29 is 18.9 Å². The number of halogens is 1. The molecule has 0 aliphatic carbocycles. The van der Waals surface area contributed by atoms with E-state index < -0.39 is 10.8 Å². The van der Waals surface area contributed by atoms with E-state index in [1.165, 1.54) is 18.2 Å². The lowest BCUT2D eigenvalue weighted by Crippen LogP contribution is -2.18. The van der Waals surface area contributed by atoms with Crippen LogP contribution in [0.25, 0.3) is 0 Å². The number of hydrogen-bond donors (Lipinski definition) is 1. The summed E-state index contributed by atoms with van der Waals surface area (Å²) in [5.41, 5.74) is 2.95. The minimum Gasteiger partial charge on any atom is -0.486 e. The molecule has 29 heavy (non-hydrogen) atoms. The van der Waals surface area contributed by atoms with Crippen LogP contribution in [0.3, 0.4) is 0 Å². The van der Waals surface area contributed by atoms with Crippen LogP contribution in [0.2, 0.25) is 5.02 Å². The van der Waals surface area contributed by atoms with Gasteiger partial charge in [-0.25, -0.2) is 5.43 Å². The Bertz CT molecular complexity index is 1060. The van der Waals surface area contributed by atoms with Gasteiger partial charge in [-0.05, 0) is 37.3 Å². The fourth-order valence-corrected chi connectivity index (χ4v) is 2.57. The predicted octanol–water partition coefficient (Wildman–Crippen LogP) is 4.57. The van der Waals surface area contributed by atoms with Crippen molar-refractivity contribution in [2.24, 2.45) is 5.10 Å². The summed E-state index contributed by atoms with van der Waals surface area (Å²) in [6.07, 6.45) is 0. The highest BCUT2D eigenvalue weighted by atomic mass is 35.5. The Morgan fingerprint density at radius 1 is 1.21 bits per heavy atom. The number of nitrogens with one attached hydrogen (secondary N) is 1. The van der Waals surface area contributed by atoms with E-state index in [1.807, 2.05) is 30.3 Å². The molecular formula is C20H16ClN3O5. The summed E-state index contributed by atoms with van der Waals surface area (Å²) >= 11 is 5.80. The molecule has 0 bridgehead atoms. The number of hydrogen-bond acceptors (Lipinski definition) is 6. The van der Waals surface area contributed by atoms with Crippen molar-refractivity contribution in [1.82, 2.24) is 5.43 Å². The van der Waals surface area contributed by atoms with E-state index in [4.69, 9.17) is 20.8 Å². The normalized spacial score (nSPS) is 11.2. The topological polar surface area (TPSA) is 107 Å². The molecule has 1 amide bonds. The van der Waals surface area contributed by atoms with Gasteiger partial charge < -0.3 is 9.15 Å². The summed E-state index contributed by atoms with van der Waals surface area (Å²) in [6, 6.07) is 16.6. The van der Waals surface area contributed by atoms with Gasteiger partial charge in [-0.15, -0.1) is 0 Å². The fourth-order valence-electron chi connectivity index (χ4n) is 2.38. The maximum absolute atomic E-state index is 12.2. The predicted molar refractivity (Wildman–Crippen MR) is 107 cm³/mol. The van der Waals surface area contributed by atoms with E-state index in [0.29, 0.717) is 22.8 Å². The molecule has 1 aromatic heterocycles. The highest BCUT2D eigenvalue weighted by Crippen LogP contribution is 2.25. The number of amides is 1. The average Bonchev–Trinajstić information content (AvgIpc) is 3.20. The zero-order chi connectivity index (χ0) is 20.8. The Kier molecular flexibility index (Phi) is 6.25. The van der Waals surface area contributed by atoms with E-state index >= 15 is 0 Å². The highest BCUT2D eigenvalue weighted by Gasteiger charge is 2.15. The molecule has 9 heteroatoms. The summed E-state index contributed by atoms with van der Waals surface area (Å²) in [5.74, 6) is 0.675. The van der Waals surface area contributed by atoms with Crippen LogP contribution in [-0.4, -0.2) is 16.5 Å². The molecule has 0 radical (unpaired) electrons. The van der Waals surface area contributed by atoms with Crippen LogP contribution < -0.4 is 10.2 Å². The van der Waals surface area contributed by atoms with Gasteiger partial charge in [0, 0.05) is 11.6 Å². The van der Waals surface area contributed by atoms with E-state index in [9.17, 15) is 14.9 Å². The number of carbonyl (C=O) groups is 1. The Hall–Kier alpha value is -3.65. The van der Waals surface area contributed by atoms with E-state index in [1.54, 1.807) is 19.1 Å². The van der Waals surface area contributed by atoms with Crippen molar-refractivity contribution >= 4 is 28.9 Å². The molecule has 2 aromatic carbocycles. The van der Waals surface area contributed by atoms with Gasteiger partial charge in [-0.3, -0.25) is 14.9 Å². The molecule has 0 unspecified atom stereocenters. The van der Waals surface area contributed by atoms with Crippen LogP contribution in [0, 0.1) is 10.1 Å². The number of nitrogens with zero attached hydrogens (tertiary/aromatic N) is 2. The zero-order valence-corrected chi connectivity index (χ0v) is 16.1. The Balaban J connectivity index is 1.62. The maximum Gasteiger partial charge on any atom is 0.307 e. The van der Waals surface area contributed by atoms with Crippen LogP contribution in [0.5, 0.6) is 5.75 Å². The molecule has 1 heterocycles. The third kappa shape index (κ3) is 5.20. The second kappa shape index (κ2) is 9.03. The van der Waals surface area contributed by atoms with Crippen molar-refractivity contribution in [2.75, 3.05) is 0 Å². The van der Waals surface area contributed by atoms with Gasteiger partial charge in [0.05, 0.1) is 10.6 Å². The molecule has 0 aliphatic rings. The number of hydrazone groups is 1. The first-order chi connectivity index (χ1) is 13.9. The summed E-state index contributed by atoms with van der Waals surface area (Å²) in [7, 11) is 0. The Morgan fingerprint density at radius 3 is 2.69 bits per heavy atom. The molecule has 3 aromatic rings. The van der Waals surface area contributed by atoms with Crippen LogP contribution in [0.15, 0.2) is 70.2 Å². The number of para-hydroxylation sites is 1. The van der Waals surface area contributed by atoms with Gasteiger partial charge in [-0.2, -0.15) is 5.10 Å². The molecule has 0 saturated heterocycles. The molecule has 0 aliphatic heterocycles. The number of benzene rings is 2. The third-order valence-corrected chi connectivity index (χ3v) is 4.22. The van der Waals surface area contributed by atoms with Gasteiger partial charge >= 0.3 is 5.91 Å². The first kappa shape index (κ1) is 20.1. The largest absolute Gasteiger partial charge is 0.486 e. The first-order valence-electron chi connectivity index (χ1n) is 8.49. The lowest BCUT2D eigenvalue weighted by molar-refractivity contribution is -0.384. The summed E-state index contributed by atoms with van der Waals surface area (Å²) in [4.78, 5) is 22.6. The molecule has 8 nitrogen and oxygen atoms in total. The first-order valence-corrected chi connectivity index (χ1v) is 8.87. The van der Waals surface area contributed by atoms with E-state index in [-0.39, 0.29) is 23.1 Å². The standard InChI is InChI=1S/C20H16ClN3O5/c1-13(14-7-9-17(21)18(11-14)24(26)27)22-23-20(25)19-10-8-16(29-19)12-28-15-5-3-2-4-6-15/h2-11H,12H2,1H3,(H,23,25)/b22-13-. The monoisotopic (exact) mass is 413 g/mol. The molecule has 0 atom stereocenters. The zero-order valence-electron chi connectivity index (χ0n) is 15.3. The minimum atomic E-state index is -0.584. The maximum atomic E-state index is 12.2. The van der Waals surface area contributed by atoms with Crippen LogP contribution >= 0.6 is 11.6 Å². The lowest BCUT2D eigenvalue weighted by atomic mass is 10.1. The molecule has 3 rings (SSSR count). The SMILES string of the molecule is C/C(=N/NC(=O)c1ccc(COc2ccccc2)o1)c1ccc(Cl)c([N+](=O)[O-])c1. The van der Waals surface area contributed by atoms with Gasteiger partial charge in [0.15, 0.2) is 5.76 Å². The summed E-state index contributed by atoms with van der Waals surface area (Å²) in [6.45, 7) is 1.78. The van der Waals surface area contributed by atoms with Crippen molar-refractivity contribution in [2.45, 2.75) is 13.5 Å². The van der Waals surface area contributed by atoms with Crippen molar-refractivity contribution in [3.63, 3.8) is 0 Å². The summed E-state index contributed by atoms with van der Waals surface area (Å²) < 4.78 is 11.0. The van der Waals surface area contributed by atoms with Gasteiger partial charge in [0.25, 0.3) is 5.69 Å². The highest BCUT2D eigenvalue weighted by molar-refractivity contribution is 6.32. The Labute approximate surface area is 170 Å². The van der Waals surface area contributed by atoms with E-state index in [0.717, 1.165) is 0 Å². The molecule has 0 spiro atoms. The van der Waals surface area contributed by atoms with Gasteiger partial charge in [0.2, 0.25) is 0 Å². The average molecular weight is 414 g/mol. The second-order valence-corrected chi connectivity index (χ2v) is 6.34. The number of rotatable bonds is 7. The number of nitro groups is 1. The van der Waals surface area contributed by atoms with Crippen molar-refractivity contribution in [3.05, 3.63) is 92.9 Å². The quantitative estimate of drug-likeness (QED) is 0.346. The van der Waals surface area contributed by atoms with E-state index in [2.05, 4.69) is 10.5 Å². The molecule has 0 fully saturated rings. The second-order valence-electron chi connectivity index (χ2n) is 5.93. The lowest BCUT2D eigenvalue weighted by Gasteiger charge is -2.04. The smallest absolute Gasteiger partial charge is 0.307 e. The van der Waals surface area contributed by atoms with Gasteiger partial charge in [-0.1, -0.05) is 35.9 Å². The minimum absolute atomic E-state index is 0.0245. The number of ether oxygens (including phenoxy) is 1. The Morgan fingerprint density at radius 2 is 1.97 bits per heavy atom. The molecule has 0 saturated carbocycles.